The second-order valence-electron chi connectivity index (χ2n) is 8.14. The van der Waals surface area contributed by atoms with Gasteiger partial charge in [-0.15, -0.1) is 0 Å². The Labute approximate surface area is 181 Å². The Hall–Kier alpha value is -2.05. The van der Waals surface area contributed by atoms with Crippen LogP contribution in [0.2, 0.25) is 0 Å². The molecule has 0 atom stereocenters. The van der Waals surface area contributed by atoms with Gasteiger partial charge in [-0.3, -0.25) is 0 Å². The summed E-state index contributed by atoms with van der Waals surface area (Å²) in [5.41, 5.74) is 2.51. The van der Waals surface area contributed by atoms with Crippen molar-refractivity contribution in [1.82, 2.24) is 0 Å². The summed E-state index contributed by atoms with van der Waals surface area (Å²) in [7, 11) is -0.554. The van der Waals surface area contributed by atoms with E-state index in [1.54, 1.807) is 0 Å². The third kappa shape index (κ3) is 7.05. The van der Waals surface area contributed by atoms with Crippen molar-refractivity contribution >= 4 is 19.0 Å². The molecule has 0 bridgehead atoms. The lowest BCUT2D eigenvalue weighted by molar-refractivity contribution is 0.384. The van der Waals surface area contributed by atoms with Gasteiger partial charge in [0.25, 0.3) is 0 Å². The zero-order valence-corrected chi connectivity index (χ0v) is 21.7. The van der Waals surface area contributed by atoms with Gasteiger partial charge in [-0.2, -0.15) is 0 Å². The molecular weight excluding hydrogens is 388 g/mol. The highest BCUT2D eigenvalue weighted by molar-refractivity contribution is 6.45. The summed E-state index contributed by atoms with van der Waals surface area (Å²) in [4.78, 5) is 0. The van der Waals surface area contributed by atoms with Crippen LogP contribution in [0, 0.1) is 0 Å². The Morgan fingerprint density at radius 2 is 1.07 bits per heavy atom. The van der Waals surface area contributed by atoms with Gasteiger partial charge in [-0.25, -0.2) is 0 Å². The van der Waals surface area contributed by atoms with Crippen molar-refractivity contribution < 1.29 is 9.47 Å². The van der Waals surface area contributed by atoms with Crippen molar-refractivity contribution in [2.45, 2.75) is 47.0 Å². The van der Waals surface area contributed by atoms with Crippen LogP contribution < -0.4 is 9.47 Å². The minimum absolute atomic E-state index is 0.0658. The van der Waals surface area contributed by atoms with Gasteiger partial charge in [-0.1, -0.05) is 60.7 Å². The molecule has 2 aromatic rings. The SMILES string of the molecule is CC=C(C)[SiH2]COc1ccc(C(C)(C)c2ccc(OC[SiH2]C(C)=CC)cc2)cc1. The Balaban J connectivity index is 1.98. The fourth-order valence-electron chi connectivity index (χ4n) is 3.05. The van der Waals surface area contributed by atoms with Crippen molar-refractivity contribution in [2.24, 2.45) is 0 Å². The molecule has 0 fully saturated rings. The molecule has 0 amide bonds. The van der Waals surface area contributed by atoms with Crippen LogP contribution in [0.5, 0.6) is 11.5 Å². The molecule has 29 heavy (non-hydrogen) atoms. The maximum atomic E-state index is 5.93. The molecule has 0 radical (unpaired) electrons. The molecule has 0 saturated heterocycles. The van der Waals surface area contributed by atoms with E-state index in [1.807, 2.05) is 0 Å². The number of ether oxygens (including phenoxy) is 2. The van der Waals surface area contributed by atoms with Crippen LogP contribution in [-0.4, -0.2) is 31.5 Å². The first-order chi connectivity index (χ1) is 13.9. The van der Waals surface area contributed by atoms with Gasteiger partial charge < -0.3 is 9.47 Å². The van der Waals surface area contributed by atoms with E-state index in [2.05, 4.69) is 102 Å². The van der Waals surface area contributed by atoms with Crippen LogP contribution in [-0.2, 0) is 5.41 Å². The fraction of sp³-hybridized carbons (Fsp3) is 0.360. The molecular formula is C25H36O2Si2. The van der Waals surface area contributed by atoms with Gasteiger partial charge in [0, 0.05) is 5.41 Å². The molecule has 156 valence electrons. The van der Waals surface area contributed by atoms with E-state index in [0.717, 1.165) is 24.0 Å². The summed E-state index contributed by atoms with van der Waals surface area (Å²) in [5.74, 6) is 1.93. The van der Waals surface area contributed by atoms with Gasteiger partial charge in [0.15, 0.2) is 0 Å². The Morgan fingerprint density at radius 1 is 0.724 bits per heavy atom. The summed E-state index contributed by atoms with van der Waals surface area (Å²) in [6.07, 6.45) is 6.11. The zero-order chi connectivity index (χ0) is 21.3. The van der Waals surface area contributed by atoms with Crippen LogP contribution in [0.1, 0.15) is 52.7 Å². The van der Waals surface area contributed by atoms with Crippen LogP contribution >= 0.6 is 0 Å². The van der Waals surface area contributed by atoms with Crippen LogP contribution in [0.15, 0.2) is 71.1 Å². The smallest absolute Gasteiger partial charge is 0.118 e. The van der Waals surface area contributed by atoms with Crippen LogP contribution in [0.4, 0.5) is 0 Å². The first-order valence-corrected chi connectivity index (χ1v) is 14.0. The molecule has 2 rings (SSSR count). The first kappa shape index (κ1) is 23.2. The summed E-state index contributed by atoms with van der Waals surface area (Å²) in [6, 6.07) is 17.2. The number of hydrogen-bond donors (Lipinski definition) is 0. The molecule has 0 unspecified atom stereocenters. The molecule has 0 heterocycles. The van der Waals surface area contributed by atoms with Gasteiger partial charge in [-0.05, 0) is 63.1 Å². The zero-order valence-electron chi connectivity index (χ0n) is 18.9. The molecule has 0 spiro atoms. The van der Waals surface area contributed by atoms with Crippen molar-refractivity contribution in [3.05, 3.63) is 82.2 Å². The lowest BCUT2D eigenvalue weighted by Gasteiger charge is -2.26. The Bertz CT molecular complexity index is 749. The van der Waals surface area contributed by atoms with Crippen LogP contribution in [0.3, 0.4) is 0 Å². The molecule has 4 heteroatoms. The van der Waals surface area contributed by atoms with E-state index in [-0.39, 0.29) is 24.5 Å². The predicted octanol–water partition coefficient (Wildman–Crippen LogP) is 4.87. The molecule has 2 nitrogen and oxygen atoms in total. The summed E-state index contributed by atoms with van der Waals surface area (Å²) < 4.78 is 11.9. The van der Waals surface area contributed by atoms with E-state index in [9.17, 15) is 0 Å². The highest BCUT2D eigenvalue weighted by Crippen LogP contribution is 2.33. The minimum Gasteiger partial charge on any atom is -0.497 e. The second kappa shape index (κ2) is 11.2. The average molecular weight is 425 g/mol. The highest BCUT2D eigenvalue weighted by Gasteiger charge is 2.23. The molecule has 0 aliphatic rings. The summed E-state index contributed by atoms with van der Waals surface area (Å²) in [6.45, 7) is 13.1. The normalized spacial score (nSPS) is 13.6. The van der Waals surface area contributed by atoms with Crippen molar-refractivity contribution in [3.8, 4) is 11.5 Å². The quantitative estimate of drug-likeness (QED) is 0.507. The monoisotopic (exact) mass is 424 g/mol. The number of allylic oxidation sites excluding steroid dienone is 4. The maximum absolute atomic E-state index is 5.93. The third-order valence-corrected chi connectivity index (χ3v) is 8.88. The van der Waals surface area contributed by atoms with E-state index in [1.165, 1.54) is 21.5 Å². The molecule has 0 aliphatic carbocycles. The lowest BCUT2D eigenvalue weighted by Crippen LogP contribution is -2.19. The van der Waals surface area contributed by atoms with Gasteiger partial charge in [0.1, 0.15) is 11.5 Å². The average Bonchev–Trinajstić information content (AvgIpc) is 2.74. The molecule has 0 aromatic heterocycles. The predicted molar refractivity (Wildman–Crippen MR) is 132 cm³/mol. The molecule has 0 saturated carbocycles. The van der Waals surface area contributed by atoms with Gasteiger partial charge >= 0.3 is 0 Å². The summed E-state index contributed by atoms with van der Waals surface area (Å²) in [5, 5.41) is 2.99. The lowest BCUT2D eigenvalue weighted by atomic mass is 9.78. The fourth-order valence-corrected chi connectivity index (χ4v) is 4.95. The molecule has 0 aliphatic heterocycles. The van der Waals surface area contributed by atoms with Gasteiger partial charge in [0.05, 0.1) is 31.5 Å². The molecule has 0 N–H and O–H groups in total. The third-order valence-electron chi connectivity index (χ3n) is 5.67. The number of benzene rings is 2. The number of hydrogen-bond acceptors (Lipinski definition) is 2. The topological polar surface area (TPSA) is 18.5 Å². The maximum Gasteiger partial charge on any atom is 0.118 e. The standard InChI is InChI=1S/C25H36O2Si2/c1-7-19(3)28-17-26-23-13-9-21(10-14-23)25(5,6)22-11-15-24(16-12-22)27-18-29-20(4)8-2/h7-16H,17-18,28-29H2,1-6H3. The first-order valence-electron chi connectivity index (χ1n) is 10.6. The van der Waals surface area contributed by atoms with E-state index in [0.29, 0.717) is 0 Å². The van der Waals surface area contributed by atoms with E-state index in [4.69, 9.17) is 9.47 Å². The van der Waals surface area contributed by atoms with E-state index >= 15 is 0 Å². The van der Waals surface area contributed by atoms with Crippen molar-refractivity contribution in [1.29, 1.82) is 0 Å². The van der Waals surface area contributed by atoms with Gasteiger partial charge in [0.2, 0.25) is 0 Å². The number of rotatable bonds is 10. The highest BCUT2D eigenvalue weighted by atomic mass is 28.2. The van der Waals surface area contributed by atoms with Crippen molar-refractivity contribution in [3.63, 3.8) is 0 Å². The Morgan fingerprint density at radius 3 is 1.38 bits per heavy atom. The summed E-state index contributed by atoms with van der Waals surface area (Å²) >= 11 is 0. The second-order valence-corrected chi connectivity index (χ2v) is 12.2. The van der Waals surface area contributed by atoms with Crippen LogP contribution in [0.25, 0.3) is 0 Å². The minimum atomic E-state index is -0.277. The molecule has 2 aromatic carbocycles. The largest absolute Gasteiger partial charge is 0.497 e. The Kier molecular flexibility index (Phi) is 8.99. The van der Waals surface area contributed by atoms with Crippen molar-refractivity contribution in [2.75, 3.05) is 12.5 Å². The van der Waals surface area contributed by atoms with E-state index < -0.39 is 0 Å².